The van der Waals surface area contributed by atoms with Gasteiger partial charge in [0, 0.05) is 20.1 Å². The predicted molar refractivity (Wildman–Crippen MR) is 74.9 cm³/mol. The molecule has 0 saturated heterocycles. The lowest BCUT2D eigenvalue weighted by molar-refractivity contribution is -0.145. The number of carboxylic acids is 1. The van der Waals surface area contributed by atoms with Crippen molar-refractivity contribution in [2.45, 2.75) is 25.0 Å². The number of carbonyl (C=O) groups is 2. The SMILES string of the molecule is COCC[C@H](NC(=O)[C@@H]1OCCc2ccccc21)C(=O)O. The van der Waals surface area contributed by atoms with E-state index < -0.39 is 24.0 Å². The molecule has 2 N–H and O–H groups in total. The van der Waals surface area contributed by atoms with E-state index in [1.807, 2.05) is 24.3 Å². The lowest BCUT2D eigenvalue weighted by Gasteiger charge is -2.26. The Bertz CT molecular complexity index is 517. The van der Waals surface area contributed by atoms with Gasteiger partial charge in [-0.2, -0.15) is 0 Å². The van der Waals surface area contributed by atoms with Crippen LogP contribution in [0.2, 0.25) is 0 Å². The van der Waals surface area contributed by atoms with Crippen molar-refractivity contribution in [3.63, 3.8) is 0 Å². The molecule has 21 heavy (non-hydrogen) atoms. The molecular formula is C15H19NO5. The number of aliphatic carboxylic acids is 1. The maximum atomic E-state index is 12.3. The molecule has 0 radical (unpaired) electrons. The number of methoxy groups -OCH3 is 1. The number of ether oxygens (including phenoxy) is 2. The minimum absolute atomic E-state index is 0.214. The summed E-state index contributed by atoms with van der Waals surface area (Å²) < 4.78 is 10.4. The number of hydrogen-bond acceptors (Lipinski definition) is 4. The van der Waals surface area contributed by atoms with Gasteiger partial charge in [-0.3, -0.25) is 4.79 Å². The van der Waals surface area contributed by atoms with Crippen LogP contribution in [0.25, 0.3) is 0 Å². The molecule has 6 heteroatoms. The zero-order valence-corrected chi connectivity index (χ0v) is 11.9. The normalized spacial score (nSPS) is 18.6. The monoisotopic (exact) mass is 293 g/mol. The van der Waals surface area contributed by atoms with Crippen LogP contribution >= 0.6 is 0 Å². The molecule has 2 rings (SSSR count). The smallest absolute Gasteiger partial charge is 0.326 e. The third-order valence-electron chi connectivity index (χ3n) is 3.46. The number of fused-ring (bicyclic) bond motifs is 1. The molecule has 0 bridgehead atoms. The maximum absolute atomic E-state index is 12.3. The average molecular weight is 293 g/mol. The van der Waals surface area contributed by atoms with Crippen molar-refractivity contribution in [3.05, 3.63) is 35.4 Å². The highest BCUT2D eigenvalue weighted by atomic mass is 16.5. The molecule has 0 aromatic heterocycles. The van der Waals surface area contributed by atoms with Gasteiger partial charge in [0.05, 0.1) is 6.61 Å². The Morgan fingerprint density at radius 3 is 2.95 bits per heavy atom. The fraction of sp³-hybridized carbons (Fsp3) is 0.467. The third-order valence-corrected chi connectivity index (χ3v) is 3.46. The van der Waals surface area contributed by atoms with Crippen molar-refractivity contribution in [1.82, 2.24) is 5.32 Å². The summed E-state index contributed by atoms with van der Waals surface area (Å²) in [4.78, 5) is 23.5. The molecule has 1 aliphatic heterocycles. The highest BCUT2D eigenvalue weighted by Gasteiger charge is 2.30. The first-order valence-corrected chi connectivity index (χ1v) is 6.85. The lowest BCUT2D eigenvalue weighted by atomic mass is 9.97. The van der Waals surface area contributed by atoms with Crippen molar-refractivity contribution in [1.29, 1.82) is 0 Å². The second kappa shape index (κ2) is 7.19. The molecule has 0 spiro atoms. The Hall–Kier alpha value is -1.92. The summed E-state index contributed by atoms with van der Waals surface area (Å²) in [7, 11) is 1.49. The zero-order valence-electron chi connectivity index (χ0n) is 11.9. The Morgan fingerprint density at radius 1 is 1.48 bits per heavy atom. The van der Waals surface area contributed by atoms with Gasteiger partial charge < -0.3 is 19.9 Å². The number of carboxylic acid groups (broad SMARTS) is 1. The van der Waals surface area contributed by atoms with Gasteiger partial charge in [0.15, 0.2) is 6.10 Å². The van der Waals surface area contributed by atoms with Gasteiger partial charge in [-0.1, -0.05) is 24.3 Å². The Morgan fingerprint density at radius 2 is 2.24 bits per heavy atom. The summed E-state index contributed by atoms with van der Waals surface area (Å²) in [5.74, 6) is -1.50. The Balaban J connectivity index is 2.08. The quantitative estimate of drug-likeness (QED) is 0.814. The number of nitrogens with one attached hydrogen (secondary N) is 1. The minimum atomic E-state index is -1.08. The topological polar surface area (TPSA) is 84.9 Å². The fourth-order valence-corrected chi connectivity index (χ4v) is 2.35. The molecule has 0 aliphatic carbocycles. The van der Waals surface area contributed by atoms with Gasteiger partial charge in [0.2, 0.25) is 0 Å². The van der Waals surface area contributed by atoms with Crippen LogP contribution < -0.4 is 5.32 Å². The zero-order chi connectivity index (χ0) is 15.2. The summed E-state index contributed by atoms with van der Waals surface area (Å²) >= 11 is 0. The molecule has 0 unspecified atom stereocenters. The summed E-state index contributed by atoms with van der Waals surface area (Å²) in [5.41, 5.74) is 1.87. The van der Waals surface area contributed by atoms with Gasteiger partial charge in [0.1, 0.15) is 6.04 Å². The molecule has 114 valence electrons. The van der Waals surface area contributed by atoms with E-state index in [0.29, 0.717) is 6.61 Å². The summed E-state index contributed by atoms with van der Waals surface area (Å²) in [6.45, 7) is 0.713. The van der Waals surface area contributed by atoms with Crippen molar-refractivity contribution >= 4 is 11.9 Å². The van der Waals surface area contributed by atoms with Crippen LogP contribution in [0.5, 0.6) is 0 Å². The fourth-order valence-electron chi connectivity index (χ4n) is 2.35. The number of amides is 1. The molecule has 0 fully saturated rings. The highest BCUT2D eigenvalue weighted by molar-refractivity contribution is 5.87. The predicted octanol–water partition coefficient (Wildman–Crippen LogP) is 0.906. The van der Waals surface area contributed by atoms with Crippen molar-refractivity contribution in [2.24, 2.45) is 0 Å². The van der Waals surface area contributed by atoms with Crippen LogP contribution in [0.4, 0.5) is 0 Å². The molecule has 1 amide bonds. The molecule has 1 aromatic rings. The van der Waals surface area contributed by atoms with Crippen molar-refractivity contribution in [3.8, 4) is 0 Å². The number of rotatable bonds is 6. The van der Waals surface area contributed by atoms with Crippen LogP contribution in [0.1, 0.15) is 23.7 Å². The first kappa shape index (κ1) is 15.5. The summed E-state index contributed by atoms with van der Waals surface area (Å²) in [6, 6.07) is 6.57. The Kier molecular flexibility index (Phi) is 5.30. The van der Waals surface area contributed by atoms with Crippen molar-refractivity contribution in [2.75, 3.05) is 20.3 Å². The van der Waals surface area contributed by atoms with Gasteiger partial charge >= 0.3 is 5.97 Å². The summed E-state index contributed by atoms with van der Waals surface area (Å²) in [5, 5.41) is 11.6. The number of benzene rings is 1. The number of carbonyl (C=O) groups excluding carboxylic acids is 1. The molecule has 1 aliphatic rings. The molecule has 6 nitrogen and oxygen atoms in total. The standard InChI is InChI=1S/C15H19NO5/c1-20-8-7-12(15(18)19)16-14(17)13-11-5-3-2-4-10(11)6-9-21-13/h2-5,12-13H,6-9H2,1H3,(H,16,17)(H,18,19)/t12-,13+/m0/s1. The average Bonchev–Trinajstić information content (AvgIpc) is 2.50. The lowest BCUT2D eigenvalue weighted by Crippen LogP contribution is -2.44. The molecule has 1 aromatic carbocycles. The maximum Gasteiger partial charge on any atom is 0.326 e. The van der Waals surface area contributed by atoms with Crippen LogP contribution in [0.3, 0.4) is 0 Å². The van der Waals surface area contributed by atoms with Crippen LogP contribution in [-0.4, -0.2) is 43.3 Å². The van der Waals surface area contributed by atoms with Gasteiger partial charge in [0.25, 0.3) is 5.91 Å². The Labute approximate surface area is 123 Å². The minimum Gasteiger partial charge on any atom is -0.480 e. The second-order valence-corrected chi connectivity index (χ2v) is 4.88. The first-order valence-electron chi connectivity index (χ1n) is 6.85. The van der Waals surface area contributed by atoms with E-state index in [1.165, 1.54) is 7.11 Å². The molecular weight excluding hydrogens is 274 g/mol. The van der Waals surface area contributed by atoms with E-state index in [1.54, 1.807) is 0 Å². The van der Waals surface area contributed by atoms with Crippen LogP contribution in [-0.2, 0) is 25.5 Å². The van der Waals surface area contributed by atoms with E-state index in [2.05, 4.69) is 5.32 Å². The van der Waals surface area contributed by atoms with E-state index in [-0.39, 0.29) is 13.0 Å². The van der Waals surface area contributed by atoms with Gasteiger partial charge in [-0.25, -0.2) is 4.79 Å². The summed E-state index contributed by atoms with van der Waals surface area (Å²) in [6.07, 6.45) is 0.220. The van der Waals surface area contributed by atoms with Gasteiger partial charge in [-0.15, -0.1) is 0 Å². The van der Waals surface area contributed by atoms with Gasteiger partial charge in [-0.05, 0) is 17.5 Å². The van der Waals surface area contributed by atoms with E-state index in [0.717, 1.165) is 17.5 Å². The molecule has 2 atom stereocenters. The molecule has 0 saturated carbocycles. The van der Waals surface area contributed by atoms with E-state index in [4.69, 9.17) is 14.6 Å². The van der Waals surface area contributed by atoms with Crippen LogP contribution in [0, 0.1) is 0 Å². The largest absolute Gasteiger partial charge is 0.480 e. The van der Waals surface area contributed by atoms with E-state index in [9.17, 15) is 9.59 Å². The first-order chi connectivity index (χ1) is 10.1. The second-order valence-electron chi connectivity index (χ2n) is 4.88. The van der Waals surface area contributed by atoms with Crippen molar-refractivity contribution < 1.29 is 24.2 Å². The highest BCUT2D eigenvalue weighted by Crippen LogP contribution is 2.27. The van der Waals surface area contributed by atoms with Crippen LogP contribution in [0.15, 0.2) is 24.3 Å². The third kappa shape index (κ3) is 3.80. The van der Waals surface area contributed by atoms with E-state index >= 15 is 0 Å². The number of hydrogen-bond donors (Lipinski definition) is 2. The molecule has 1 heterocycles.